The van der Waals surface area contributed by atoms with Crippen molar-refractivity contribution >= 4 is 5.97 Å². The molecule has 1 N–H and O–H groups in total. The molecule has 0 aliphatic rings. The van der Waals surface area contributed by atoms with Crippen molar-refractivity contribution in [1.82, 2.24) is 9.78 Å². The van der Waals surface area contributed by atoms with Crippen molar-refractivity contribution in [2.24, 2.45) is 5.92 Å². The summed E-state index contributed by atoms with van der Waals surface area (Å²) in [6, 6.07) is 2.22. The van der Waals surface area contributed by atoms with E-state index in [1.165, 1.54) is 0 Å². The first-order chi connectivity index (χ1) is 7.04. The number of rotatable bonds is 5. The number of hydrogen-bond acceptors (Lipinski definition) is 2. The van der Waals surface area contributed by atoms with Gasteiger partial charge in [-0.05, 0) is 26.3 Å². The van der Waals surface area contributed by atoms with Crippen LogP contribution in [0.4, 0.5) is 0 Å². The molecule has 15 heavy (non-hydrogen) atoms. The molecule has 1 rings (SSSR count). The maximum Gasteiger partial charge on any atom is 0.306 e. The summed E-state index contributed by atoms with van der Waals surface area (Å²) in [5.41, 5.74) is 0.859. The summed E-state index contributed by atoms with van der Waals surface area (Å²) in [5, 5.41) is 13.2. The zero-order chi connectivity index (χ0) is 11.4. The third-order valence-corrected chi connectivity index (χ3v) is 2.49. The molecule has 1 atom stereocenters. The predicted molar refractivity (Wildman–Crippen MR) is 57.7 cm³/mol. The van der Waals surface area contributed by atoms with Crippen LogP contribution in [0.2, 0.25) is 0 Å². The van der Waals surface area contributed by atoms with Gasteiger partial charge in [0.05, 0.1) is 11.6 Å². The largest absolute Gasteiger partial charge is 0.481 e. The molecule has 0 aliphatic heterocycles. The van der Waals surface area contributed by atoms with Gasteiger partial charge in [0.25, 0.3) is 0 Å². The van der Waals surface area contributed by atoms with Gasteiger partial charge < -0.3 is 5.11 Å². The molecule has 1 aromatic rings. The molecular formula is C11H18N2O2. The first-order valence-electron chi connectivity index (χ1n) is 5.31. The van der Waals surface area contributed by atoms with E-state index < -0.39 is 5.97 Å². The molecule has 4 heteroatoms. The predicted octanol–water partition coefficient (Wildman–Crippen LogP) is 2.12. The summed E-state index contributed by atoms with van der Waals surface area (Å²) in [6.07, 6.45) is 3.06. The van der Waals surface area contributed by atoms with E-state index in [0.29, 0.717) is 18.9 Å². The van der Waals surface area contributed by atoms with E-state index in [1.807, 2.05) is 37.7 Å². The van der Waals surface area contributed by atoms with Crippen LogP contribution in [0.15, 0.2) is 12.3 Å². The second kappa shape index (κ2) is 4.96. The maximum atomic E-state index is 10.8. The summed E-state index contributed by atoms with van der Waals surface area (Å²) in [4.78, 5) is 10.8. The molecule has 0 radical (unpaired) electrons. The van der Waals surface area contributed by atoms with Gasteiger partial charge in [0.1, 0.15) is 0 Å². The second-order valence-corrected chi connectivity index (χ2v) is 4.03. The van der Waals surface area contributed by atoms with Crippen LogP contribution in [0.5, 0.6) is 0 Å². The Bertz CT molecular complexity index is 331. The fourth-order valence-electron chi connectivity index (χ4n) is 1.43. The Morgan fingerprint density at radius 3 is 2.67 bits per heavy atom. The molecule has 0 aromatic carbocycles. The number of carbonyl (C=O) groups is 1. The lowest BCUT2D eigenvalue weighted by atomic mass is 10.0. The zero-order valence-electron chi connectivity index (χ0n) is 9.47. The normalized spacial score (nSPS) is 13.1. The number of carboxylic acids is 1. The van der Waals surface area contributed by atoms with Crippen LogP contribution in [0.25, 0.3) is 0 Å². The molecule has 4 nitrogen and oxygen atoms in total. The Morgan fingerprint density at radius 1 is 1.60 bits per heavy atom. The van der Waals surface area contributed by atoms with Crippen LogP contribution in [-0.2, 0) is 11.2 Å². The quantitative estimate of drug-likeness (QED) is 0.809. The molecule has 0 amide bonds. The minimum atomic E-state index is -0.739. The van der Waals surface area contributed by atoms with Crippen molar-refractivity contribution in [2.45, 2.75) is 39.7 Å². The van der Waals surface area contributed by atoms with Gasteiger partial charge >= 0.3 is 5.97 Å². The molecule has 0 spiro atoms. The van der Waals surface area contributed by atoms with Gasteiger partial charge in [-0.1, -0.05) is 6.92 Å². The third kappa shape index (κ3) is 3.08. The highest BCUT2D eigenvalue weighted by atomic mass is 16.4. The van der Waals surface area contributed by atoms with E-state index in [1.54, 1.807) is 0 Å². The van der Waals surface area contributed by atoms with Gasteiger partial charge in [0, 0.05) is 18.7 Å². The van der Waals surface area contributed by atoms with Crippen LogP contribution in [0, 0.1) is 5.92 Å². The highest BCUT2D eigenvalue weighted by Crippen LogP contribution is 2.12. The molecule has 0 aliphatic carbocycles. The minimum Gasteiger partial charge on any atom is -0.481 e. The topological polar surface area (TPSA) is 55.1 Å². The second-order valence-electron chi connectivity index (χ2n) is 4.03. The third-order valence-electron chi connectivity index (χ3n) is 2.49. The van der Waals surface area contributed by atoms with Gasteiger partial charge in [-0.25, -0.2) is 0 Å². The fourth-order valence-corrected chi connectivity index (χ4v) is 1.43. The van der Waals surface area contributed by atoms with Crippen LogP contribution in [0.1, 0.15) is 38.9 Å². The summed E-state index contributed by atoms with van der Waals surface area (Å²) < 4.78 is 1.85. The van der Waals surface area contributed by atoms with Crippen LogP contribution in [-0.4, -0.2) is 20.9 Å². The highest BCUT2D eigenvalue weighted by molar-refractivity contribution is 5.70. The van der Waals surface area contributed by atoms with Gasteiger partial charge in [-0.2, -0.15) is 5.10 Å². The number of aliphatic carboxylic acids is 1. The van der Waals surface area contributed by atoms with Crippen molar-refractivity contribution < 1.29 is 9.90 Å². The molecule has 0 saturated heterocycles. The van der Waals surface area contributed by atoms with Gasteiger partial charge in [-0.15, -0.1) is 0 Å². The van der Waals surface area contributed by atoms with Gasteiger partial charge in [-0.3, -0.25) is 9.48 Å². The Labute approximate surface area is 89.9 Å². The SMILES string of the molecule is CCC(Cc1ccn(C(C)C)n1)C(=O)O. The van der Waals surface area contributed by atoms with E-state index in [4.69, 9.17) is 5.11 Å². The Balaban J connectivity index is 2.67. The van der Waals surface area contributed by atoms with Crippen LogP contribution >= 0.6 is 0 Å². The first kappa shape index (κ1) is 11.8. The number of carboxylic acid groups (broad SMARTS) is 1. The lowest BCUT2D eigenvalue weighted by molar-refractivity contribution is -0.141. The monoisotopic (exact) mass is 210 g/mol. The van der Waals surface area contributed by atoms with E-state index in [0.717, 1.165) is 5.69 Å². The number of nitrogens with zero attached hydrogens (tertiary/aromatic N) is 2. The average molecular weight is 210 g/mol. The van der Waals surface area contributed by atoms with Crippen LogP contribution < -0.4 is 0 Å². The van der Waals surface area contributed by atoms with Crippen molar-refractivity contribution in [3.63, 3.8) is 0 Å². The molecule has 84 valence electrons. The average Bonchev–Trinajstić information content (AvgIpc) is 2.61. The smallest absolute Gasteiger partial charge is 0.306 e. The van der Waals surface area contributed by atoms with Gasteiger partial charge in [0.2, 0.25) is 0 Å². The van der Waals surface area contributed by atoms with Crippen molar-refractivity contribution in [2.75, 3.05) is 0 Å². The lowest BCUT2D eigenvalue weighted by Gasteiger charge is -2.07. The van der Waals surface area contributed by atoms with E-state index >= 15 is 0 Å². The van der Waals surface area contributed by atoms with Gasteiger partial charge in [0.15, 0.2) is 0 Å². The number of hydrogen-bond donors (Lipinski definition) is 1. The van der Waals surface area contributed by atoms with E-state index in [2.05, 4.69) is 5.10 Å². The molecule has 1 aromatic heterocycles. The lowest BCUT2D eigenvalue weighted by Crippen LogP contribution is -2.16. The molecule has 0 saturated carbocycles. The Kier molecular flexibility index (Phi) is 3.88. The molecule has 1 heterocycles. The number of aromatic nitrogens is 2. The molecular weight excluding hydrogens is 192 g/mol. The first-order valence-corrected chi connectivity index (χ1v) is 5.31. The summed E-state index contributed by atoms with van der Waals surface area (Å²) in [5.74, 6) is -1.06. The van der Waals surface area contributed by atoms with Crippen LogP contribution in [0.3, 0.4) is 0 Å². The highest BCUT2D eigenvalue weighted by Gasteiger charge is 2.17. The van der Waals surface area contributed by atoms with Crippen molar-refractivity contribution in [1.29, 1.82) is 0 Å². The molecule has 0 bridgehead atoms. The Hall–Kier alpha value is -1.32. The molecule has 0 fully saturated rings. The molecule has 1 unspecified atom stereocenters. The standard InChI is InChI=1S/C11H18N2O2/c1-4-9(11(14)15)7-10-5-6-13(12-10)8(2)3/h5-6,8-9H,4,7H2,1-3H3,(H,14,15). The minimum absolute atomic E-state index is 0.319. The van der Waals surface area contributed by atoms with Crippen molar-refractivity contribution in [3.05, 3.63) is 18.0 Å². The maximum absolute atomic E-state index is 10.8. The zero-order valence-corrected chi connectivity index (χ0v) is 9.47. The Morgan fingerprint density at radius 2 is 2.27 bits per heavy atom. The fraction of sp³-hybridized carbons (Fsp3) is 0.636. The summed E-state index contributed by atoms with van der Waals surface area (Å²) in [7, 11) is 0. The summed E-state index contributed by atoms with van der Waals surface area (Å²) >= 11 is 0. The van der Waals surface area contributed by atoms with E-state index in [9.17, 15) is 4.79 Å². The summed E-state index contributed by atoms with van der Waals surface area (Å²) in [6.45, 7) is 5.98. The van der Waals surface area contributed by atoms with Crippen molar-refractivity contribution in [3.8, 4) is 0 Å². The van der Waals surface area contributed by atoms with E-state index in [-0.39, 0.29) is 5.92 Å².